The van der Waals surface area contributed by atoms with Crippen LogP contribution in [-0.2, 0) is 0 Å². The van der Waals surface area contributed by atoms with Crippen molar-refractivity contribution in [2.75, 3.05) is 0 Å². The standard InChI is InChI=1S/C20H28O2/c1-18-9-6-14(21)12-13(18)4-5-15-16(18)7-10-19(2)17(15)8-11-20(19,3)22/h6-7,9,12,14-15,17,21-22H,4-5,8,10-11H2,1-3H3/t14?,15-,17+,18+,19+,20?/m1/s1. The molecule has 0 bridgehead atoms. The monoisotopic (exact) mass is 300 g/mol. The number of aliphatic hydroxyl groups excluding tert-OH is 1. The van der Waals surface area contributed by atoms with Gasteiger partial charge in [0.1, 0.15) is 0 Å². The Labute approximate surface area is 133 Å². The van der Waals surface area contributed by atoms with Gasteiger partial charge in [-0.3, -0.25) is 0 Å². The minimum absolute atomic E-state index is 0.00206. The van der Waals surface area contributed by atoms with Crippen molar-refractivity contribution < 1.29 is 10.2 Å². The highest BCUT2D eigenvalue weighted by Crippen LogP contribution is 2.64. The van der Waals surface area contributed by atoms with Gasteiger partial charge in [-0.15, -0.1) is 0 Å². The van der Waals surface area contributed by atoms with Crippen molar-refractivity contribution in [2.24, 2.45) is 22.7 Å². The van der Waals surface area contributed by atoms with Gasteiger partial charge in [0.25, 0.3) is 0 Å². The fourth-order valence-electron chi connectivity index (χ4n) is 5.87. The number of aliphatic hydroxyl groups is 2. The largest absolute Gasteiger partial charge is 0.390 e. The van der Waals surface area contributed by atoms with Crippen LogP contribution >= 0.6 is 0 Å². The molecular formula is C20H28O2. The first-order valence-electron chi connectivity index (χ1n) is 8.79. The Kier molecular flexibility index (Phi) is 2.92. The minimum atomic E-state index is -0.532. The molecule has 0 heterocycles. The molecule has 0 aromatic heterocycles. The van der Waals surface area contributed by atoms with Crippen LogP contribution in [0.3, 0.4) is 0 Å². The maximum Gasteiger partial charge on any atom is 0.0906 e. The molecule has 4 aliphatic carbocycles. The molecular weight excluding hydrogens is 272 g/mol. The van der Waals surface area contributed by atoms with E-state index in [2.05, 4.69) is 32.1 Å². The van der Waals surface area contributed by atoms with Gasteiger partial charge in [0, 0.05) is 10.8 Å². The summed E-state index contributed by atoms with van der Waals surface area (Å²) in [6.07, 6.45) is 13.5. The summed E-state index contributed by atoms with van der Waals surface area (Å²) in [5.41, 5.74) is 2.43. The number of fused-ring (bicyclic) bond motifs is 5. The molecule has 0 amide bonds. The van der Waals surface area contributed by atoms with Gasteiger partial charge in [-0.1, -0.05) is 42.4 Å². The molecule has 0 saturated heterocycles. The highest BCUT2D eigenvalue weighted by Gasteiger charge is 2.59. The molecule has 2 nitrogen and oxygen atoms in total. The summed E-state index contributed by atoms with van der Waals surface area (Å²) in [6.45, 7) is 6.65. The summed E-state index contributed by atoms with van der Waals surface area (Å²) in [5.74, 6) is 1.19. The maximum absolute atomic E-state index is 10.9. The van der Waals surface area contributed by atoms with Gasteiger partial charge in [-0.05, 0) is 57.8 Å². The van der Waals surface area contributed by atoms with E-state index in [0.29, 0.717) is 11.8 Å². The lowest BCUT2D eigenvalue weighted by Gasteiger charge is -2.53. The molecule has 2 N–H and O–H groups in total. The highest BCUT2D eigenvalue weighted by molar-refractivity contribution is 5.45. The van der Waals surface area contributed by atoms with Crippen molar-refractivity contribution in [2.45, 2.75) is 64.6 Å². The number of hydrogen-bond acceptors (Lipinski definition) is 2. The van der Waals surface area contributed by atoms with E-state index in [0.717, 1.165) is 25.7 Å². The molecule has 0 radical (unpaired) electrons. The van der Waals surface area contributed by atoms with Crippen LogP contribution in [0.25, 0.3) is 0 Å². The molecule has 6 atom stereocenters. The quantitative estimate of drug-likeness (QED) is 0.669. The zero-order chi connectivity index (χ0) is 15.8. The summed E-state index contributed by atoms with van der Waals surface area (Å²) in [6, 6.07) is 0. The molecule has 0 aromatic rings. The van der Waals surface area contributed by atoms with Gasteiger partial charge >= 0.3 is 0 Å². The van der Waals surface area contributed by atoms with Crippen LogP contribution in [0, 0.1) is 22.7 Å². The smallest absolute Gasteiger partial charge is 0.0906 e. The molecule has 0 aromatic carbocycles. The summed E-state index contributed by atoms with van der Waals surface area (Å²) in [4.78, 5) is 0. The molecule has 22 heavy (non-hydrogen) atoms. The molecule has 4 rings (SSSR count). The predicted molar refractivity (Wildman–Crippen MR) is 88.2 cm³/mol. The number of rotatable bonds is 0. The van der Waals surface area contributed by atoms with E-state index >= 15 is 0 Å². The molecule has 2 saturated carbocycles. The summed E-state index contributed by atoms with van der Waals surface area (Å²) >= 11 is 0. The van der Waals surface area contributed by atoms with E-state index in [9.17, 15) is 10.2 Å². The molecule has 4 aliphatic rings. The lowest BCUT2D eigenvalue weighted by atomic mass is 9.52. The van der Waals surface area contributed by atoms with Crippen molar-refractivity contribution in [3.05, 3.63) is 35.5 Å². The van der Waals surface area contributed by atoms with Crippen LogP contribution in [-0.4, -0.2) is 21.9 Å². The van der Waals surface area contributed by atoms with Crippen molar-refractivity contribution >= 4 is 0 Å². The highest BCUT2D eigenvalue weighted by atomic mass is 16.3. The lowest BCUT2D eigenvalue weighted by Crippen LogP contribution is -2.49. The first-order valence-corrected chi connectivity index (χ1v) is 8.79. The van der Waals surface area contributed by atoms with E-state index < -0.39 is 11.7 Å². The SMILES string of the molecule is CC1(O)CC[C@H]2[C@@H]3CCC4=CC(O)C=C[C@]4(C)C3=CC[C@@]21C. The summed E-state index contributed by atoms with van der Waals surface area (Å²) in [5, 5.41) is 20.8. The van der Waals surface area contributed by atoms with Crippen LogP contribution in [0.1, 0.15) is 52.9 Å². The third-order valence-corrected chi connectivity index (χ3v) is 7.61. The normalized spacial score (nSPS) is 53.2. The summed E-state index contributed by atoms with van der Waals surface area (Å²) < 4.78 is 0. The van der Waals surface area contributed by atoms with Gasteiger partial charge in [-0.25, -0.2) is 0 Å². The molecule has 2 unspecified atom stereocenters. The number of hydrogen-bond donors (Lipinski definition) is 2. The molecule has 0 aliphatic heterocycles. The van der Waals surface area contributed by atoms with Gasteiger partial charge in [0.15, 0.2) is 0 Å². The Morgan fingerprint density at radius 3 is 2.73 bits per heavy atom. The summed E-state index contributed by atoms with van der Waals surface area (Å²) in [7, 11) is 0. The molecule has 2 heteroatoms. The second kappa shape index (κ2) is 4.36. The van der Waals surface area contributed by atoms with E-state index in [4.69, 9.17) is 0 Å². The first-order chi connectivity index (χ1) is 10.3. The molecule has 0 spiro atoms. The van der Waals surface area contributed by atoms with Gasteiger partial charge in [0.2, 0.25) is 0 Å². The van der Waals surface area contributed by atoms with Crippen LogP contribution < -0.4 is 0 Å². The fraction of sp³-hybridized carbons (Fsp3) is 0.700. The van der Waals surface area contributed by atoms with Crippen LogP contribution in [0.15, 0.2) is 35.5 Å². The Morgan fingerprint density at radius 2 is 1.95 bits per heavy atom. The van der Waals surface area contributed by atoms with E-state index in [1.54, 1.807) is 5.57 Å². The maximum atomic E-state index is 10.9. The predicted octanol–water partition coefficient (Wildman–Crippen LogP) is 3.76. The fourth-order valence-corrected chi connectivity index (χ4v) is 5.87. The first kappa shape index (κ1) is 14.7. The second-order valence-corrected chi connectivity index (χ2v) is 8.59. The Morgan fingerprint density at radius 1 is 1.18 bits per heavy atom. The lowest BCUT2D eigenvalue weighted by molar-refractivity contribution is -0.0662. The van der Waals surface area contributed by atoms with E-state index in [-0.39, 0.29) is 10.8 Å². The third-order valence-electron chi connectivity index (χ3n) is 7.61. The minimum Gasteiger partial charge on any atom is -0.390 e. The van der Waals surface area contributed by atoms with Crippen molar-refractivity contribution in [3.63, 3.8) is 0 Å². The van der Waals surface area contributed by atoms with Crippen LogP contribution in [0.4, 0.5) is 0 Å². The average Bonchev–Trinajstić information content (AvgIpc) is 2.70. The zero-order valence-corrected chi connectivity index (χ0v) is 14.0. The third kappa shape index (κ3) is 1.68. The zero-order valence-electron chi connectivity index (χ0n) is 14.0. The Bertz CT molecular complexity index is 597. The van der Waals surface area contributed by atoms with Crippen LogP contribution in [0.2, 0.25) is 0 Å². The van der Waals surface area contributed by atoms with Crippen molar-refractivity contribution in [3.8, 4) is 0 Å². The van der Waals surface area contributed by atoms with Crippen molar-refractivity contribution in [1.29, 1.82) is 0 Å². The average molecular weight is 300 g/mol. The topological polar surface area (TPSA) is 40.5 Å². The van der Waals surface area contributed by atoms with Crippen LogP contribution in [0.5, 0.6) is 0 Å². The number of allylic oxidation sites excluding steroid dienone is 4. The van der Waals surface area contributed by atoms with Crippen molar-refractivity contribution in [1.82, 2.24) is 0 Å². The Balaban J connectivity index is 1.78. The second-order valence-electron chi connectivity index (χ2n) is 8.59. The van der Waals surface area contributed by atoms with Gasteiger partial charge < -0.3 is 10.2 Å². The molecule has 120 valence electrons. The van der Waals surface area contributed by atoms with Gasteiger partial charge in [0.05, 0.1) is 11.7 Å². The van der Waals surface area contributed by atoms with E-state index in [1.165, 1.54) is 12.0 Å². The Hall–Kier alpha value is -0.860. The van der Waals surface area contributed by atoms with E-state index in [1.807, 2.05) is 13.0 Å². The van der Waals surface area contributed by atoms with Gasteiger partial charge in [-0.2, -0.15) is 0 Å². The molecule has 2 fully saturated rings.